The summed E-state index contributed by atoms with van der Waals surface area (Å²) in [5.41, 5.74) is 4.10. The molecule has 0 radical (unpaired) electrons. The number of benzene rings is 1. The van der Waals surface area contributed by atoms with Crippen LogP contribution < -0.4 is 4.74 Å². The number of rotatable bonds is 6. The van der Waals surface area contributed by atoms with Gasteiger partial charge in [0.15, 0.2) is 5.65 Å². The maximum Gasteiger partial charge on any atom is 0.306 e. The van der Waals surface area contributed by atoms with Crippen LogP contribution in [0.1, 0.15) is 65.0 Å². The van der Waals surface area contributed by atoms with Crippen LogP contribution >= 0.6 is 0 Å². The highest BCUT2D eigenvalue weighted by atomic mass is 16.5. The van der Waals surface area contributed by atoms with E-state index in [-0.39, 0.29) is 5.92 Å². The summed E-state index contributed by atoms with van der Waals surface area (Å²) in [6.07, 6.45) is 8.42. The first-order chi connectivity index (χ1) is 17.2. The molecule has 0 spiro atoms. The van der Waals surface area contributed by atoms with Crippen molar-refractivity contribution < 1.29 is 14.6 Å². The van der Waals surface area contributed by atoms with Crippen molar-refractivity contribution in [3.63, 3.8) is 0 Å². The topological polar surface area (TPSA) is 80.0 Å². The van der Waals surface area contributed by atoms with Gasteiger partial charge in [0, 0.05) is 12.1 Å². The van der Waals surface area contributed by atoms with E-state index >= 15 is 0 Å². The average Bonchev–Trinajstić information content (AvgIpc) is 3.26. The Balaban J connectivity index is 1.19. The Morgan fingerprint density at radius 1 is 1.00 bits per heavy atom. The zero-order valence-corrected chi connectivity index (χ0v) is 21.7. The third kappa shape index (κ3) is 5.72. The van der Waals surface area contributed by atoms with Crippen LogP contribution in [0.15, 0.2) is 42.6 Å². The largest absolute Gasteiger partial charge is 0.490 e. The van der Waals surface area contributed by atoms with Crippen LogP contribution in [0.3, 0.4) is 0 Å². The molecule has 1 aromatic carbocycles. The molecule has 192 valence electrons. The number of piperidine rings is 1. The second kappa shape index (κ2) is 10.2. The monoisotopic (exact) mass is 490 g/mol. The third-order valence-corrected chi connectivity index (χ3v) is 8.04. The maximum atomic E-state index is 11.2. The minimum Gasteiger partial charge on any atom is -0.490 e. The van der Waals surface area contributed by atoms with Gasteiger partial charge in [-0.25, -0.2) is 9.50 Å². The lowest BCUT2D eigenvalue weighted by atomic mass is 9.72. The van der Waals surface area contributed by atoms with Crippen molar-refractivity contribution in [3.05, 3.63) is 48.3 Å². The number of aliphatic carboxylic acids is 1. The fourth-order valence-electron chi connectivity index (χ4n) is 5.67. The zero-order valence-electron chi connectivity index (χ0n) is 21.7. The van der Waals surface area contributed by atoms with Crippen molar-refractivity contribution in [2.45, 2.75) is 71.9 Å². The Labute approximate surface area is 213 Å². The first kappa shape index (κ1) is 24.8. The Kier molecular flexibility index (Phi) is 7.02. The van der Waals surface area contributed by atoms with Gasteiger partial charge in [-0.1, -0.05) is 20.8 Å². The molecule has 3 heterocycles. The fraction of sp³-hybridized carbons (Fsp3) is 0.552. The lowest BCUT2D eigenvalue weighted by Gasteiger charge is -2.36. The lowest BCUT2D eigenvalue weighted by molar-refractivity contribution is -0.143. The normalized spacial score (nSPS) is 22.1. The fourth-order valence-corrected chi connectivity index (χ4v) is 5.67. The van der Waals surface area contributed by atoms with Crippen LogP contribution in [0.2, 0.25) is 0 Å². The number of ether oxygens (including phenoxy) is 1. The van der Waals surface area contributed by atoms with E-state index in [1.165, 1.54) is 12.8 Å². The van der Waals surface area contributed by atoms with Gasteiger partial charge in [0.1, 0.15) is 5.75 Å². The molecule has 3 aromatic rings. The summed E-state index contributed by atoms with van der Waals surface area (Å²) in [6, 6.07) is 12.3. The van der Waals surface area contributed by atoms with Gasteiger partial charge in [-0.15, -0.1) is 0 Å². The van der Waals surface area contributed by atoms with Crippen molar-refractivity contribution in [2.24, 2.45) is 17.3 Å². The predicted octanol–water partition coefficient (Wildman–Crippen LogP) is 5.68. The van der Waals surface area contributed by atoms with Crippen molar-refractivity contribution in [1.82, 2.24) is 19.5 Å². The Morgan fingerprint density at radius 2 is 1.69 bits per heavy atom. The number of hydrogen-bond acceptors (Lipinski definition) is 5. The van der Waals surface area contributed by atoms with Crippen molar-refractivity contribution in [1.29, 1.82) is 0 Å². The van der Waals surface area contributed by atoms with Crippen LogP contribution in [0.25, 0.3) is 16.9 Å². The number of imidazole rings is 1. The van der Waals surface area contributed by atoms with E-state index in [0.29, 0.717) is 30.9 Å². The quantitative estimate of drug-likeness (QED) is 0.479. The molecule has 1 saturated heterocycles. The van der Waals surface area contributed by atoms with Crippen LogP contribution in [-0.2, 0) is 11.3 Å². The molecule has 0 atom stereocenters. The number of hydrogen-bond donors (Lipinski definition) is 1. The summed E-state index contributed by atoms with van der Waals surface area (Å²) in [5, 5.41) is 14.0. The van der Waals surface area contributed by atoms with Gasteiger partial charge in [-0.05, 0) is 99.3 Å². The number of likely N-dealkylation sites (tertiary alicyclic amines) is 1. The van der Waals surface area contributed by atoms with Gasteiger partial charge >= 0.3 is 5.97 Å². The van der Waals surface area contributed by atoms with E-state index in [1.54, 1.807) is 0 Å². The molecule has 7 nitrogen and oxygen atoms in total. The lowest BCUT2D eigenvalue weighted by Crippen LogP contribution is -2.35. The van der Waals surface area contributed by atoms with Gasteiger partial charge in [0.05, 0.1) is 29.6 Å². The second-order valence-electron chi connectivity index (χ2n) is 11.6. The minimum atomic E-state index is -0.679. The highest BCUT2D eigenvalue weighted by Gasteiger charge is 2.30. The summed E-state index contributed by atoms with van der Waals surface area (Å²) >= 11 is 0. The van der Waals surface area contributed by atoms with Crippen molar-refractivity contribution >= 4 is 11.6 Å². The molecule has 1 saturated carbocycles. The smallest absolute Gasteiger partial charge is 0.306 e. The van der Waals surface area contributed by atoms with Crippen molar-refractivity contribution in [2.75, 3.05) is 13.1 Å². The molecule has 2 aliphatic rings. The van der Waals surface area contributed by atoms with Gasteiger partial charge < -0.3 is 9.84 Å². The van der Waals surface area contributed by atoms with Gasteiger partial charge in [-0.2, -0.15) is 5.10 Å². The molecule has 2 aromatic heterocycles. The summed E-state index contributed by atoms with van der Waals surface area (Å²) < 4.78 is 8.14. The zero-order chi connectivity index (χ0) is 25.3. The summed E-state index contributed by atoms with van der Waals surface area (Å²) in [6.45, 7) is 9.33. The Bertz CT molecular complexity index is 1180. The number of carboxylic acid groups (broad SMARTS) is 1. The maximum absolute atomic E-state index is 11.2. The third-order valence-electron chi connectivity index (χ3n) is 8.04. The van der Waals surface area contributed by atoms with Crippen LogP contribution in [0.5, 0.6) is 5.75 Å². The molecule has 0 bridgehead atoms. The number of fused-ring (bicyclic) bond motifs is 1. The number of carbonyl (C=O) groups is 1. The first-order valence-corrected chi connectivity index (χ1v) is 13.3. The van der Waals surface area contributed by atoms with E-state index in [0.717, 1.165) is 60.2 Å². The molecule has 1 N–H and O–H groups in total. The van der Waals surface area contributed by atoms with Gasteiger partial charge in [0.2, 0.25) is 0 Å². The molecule has 5 rings (SSSR count). The van der Waals surface area contributed by atoms with E-state index in [1.807, 2.05) is 22.8 Å². The van der Waals surface area contributed by atoms with E-state index < -0.39 is 5.97 Å². The van der Waals surface area contributed by atoms with Crippen LogP contribution in [-0.4, -0.2) is 49.8 Å². The summed E-state index contributed by atoms with van der Waals surface area (Å²) in [7, 11) is 0. The number of aromatic nitrogens is 3. The summed E-state index contributed by atoms with van der Waals surface area (Å²) in [5.74, 6) is 0.818. The van der Waals surface area contributed by atoms with E-state index in [2.05, 4.69) is 49.9 Å². The van der Waals surface area contributed by atoms with Crippen LogP contribution in [0.4, 0.5) is 0 Å². The number of carboxylic acids is 1. The Hall–Kier alpha value is -2.93. The minimum absolute atomic E-state index is 0.216. The number of nitrogens with zero attached hydrogens (tertiary/aromatic N) is 4. The first-order valence-electron chi connectivity index (χ1n) is 13.3. The SMILES string of the molecule is CC(C)(C)[C@H]1CC[C@H](Oc2ccc(-c3ccc4nc(CN5CCC(C(=O)O)CC5)cn4n3)cc2)CC1. The van der Waals surface area contributed by atoms with E-state index in [4.69, 9.17) is 14.8 Å². The standard InChI is InChI=1S/C29H38N4O3/c1-29(2,3)22-6-10-25(11-7-22)36-24-8-4-20(5-9-24)26-12-13-27-30-23(19-33(27)31-26)18-32-16-14-21(15-17-32)28(34)35/h4-5,8-9,12-13,19,21-22,25H,6-7,10-11,14-18H2,1-3H3,(H,34,35)/t22-,25-. The molecule has 7 heteroatoms. The molecular formula is C29H38N4O3. The molecule has 0 amide bonds. The molecule has 1 aliphatic carbocycles. The van der Waals surface area contributed by atoms with Gasteiger partial charge in [-0.3, -0.25) is 9.69 Å². The average molecular weight is 491 g/mol. The highest BCUT2D eigenvalue weighted by Crippen LogP contribution is 2.38. The second-order valence-corrected chi connectivity index (χ2v) is 11.6. The molecule has 1 aliphatic heterocycles. The highest BCUT2D eigenvalue weighted by molar-refractivity contribution is 5.70. The predicted molar refractivity (Wildman–Crippen MR) is 140 cm³/mol. The summed E-state index contributed by atoms with van der Waals surface area (Å²) in [4.78, 5) is 18.2. The molecule has 36 heavy (non-hydrogen) atoms. The molecular weight excluding hydrogens is 452 g/mol. The van der Waals surface area contributed by atoms with Crippen molar-refractivity contribution in [3.8, 4) is 17.0 Å². The molecule has 0 unspecified atom stereocenters. The Morgan fingerprint density at radius 3 is 2.33 bits per heavy atom. The van der Waals surface area contributed by atoms with Crippen LogP contribution in [0, 0.1) is 17.3 Å². The molecule has 2 fully saturated rings. The van der Waals surface area contributed by atoms with Gasteiger partial charge in [0.25, 0.3) is 0 Å². The van der Waals surface area contributed by atoms with E-state index in [9.17, 15) is 9.90 Å².